The first-order valence-electron chi connectivity index (χ1n) is 6.77. The van der Waals surface area contributed by atoms with Gasteiger partial charge in [-0.25, -0.2) is 5.43 Å². The van der Waals surface area contributed by atoms with Gasteiger partial charge in [-0.3, -0.25) is 4.79 Å². The lowest BCUT2D eigenvalue weighted by Gasteiger charge is -2.10. The van der Waals surface area contributed by atoms with E-state index in [9.17, 15) is 4.79 Å². The molecule has 0 aliphatic heterocycles. The van der Waals surface area contributed by atoms with Gasteiger partial charge in [-0.2, -0.15) is 5.10 Å². The van der Waals surface area contributed by atoms with Crippen molar-refractivity contribution >= 4 is 27.5 Å². The van der Waals surface area contributed by atoms with Crippen molar-refractivity contribution in [2.75, 3.05) is 0 Å². The second-order valence-corrected chi connectivity index (χ2v) is 5.88. The largest absolute Gasteiger partial charge is 0.271 e. The van der Waals surface area contributed by atoms with Gasteiger partial charge in [0.15, 0.2) is 0 Å². The monoisotopic (exact) mass is 344 g/mol. The van der Waals surface area contributed by atoms with E-state index in [1.807, 2.05) is 42.5 Å². The molecule has 2 aromatic rings. The summed E-state index contributed by atoms with van der Waals surface area (Å²) in [6, 6.07) is 17.0. The maximum atomic E-state index is 12.1. The van der Waals surface area contributed by atoms with Crippen LogP contribution in [0.5, 0.6) is 0 Å². The molecule has 3 nitrogen and oxygen atoms in total. The number of hydrogen-bond acceptors (Lipinski definition) is 2. The maximum Gasteiger partial charge on any atom is 0.271 e. The number of carbonyl (C=O) groups is 1. The van der Waals surface area contributed by atoms with Crippen LogP contribution >= 0.6 is 15.9 Å². The van der Waals surface area contributed by atoms with E-state index in [1.54, 1.807) is 12.1 Å². The third-order valence-corrected chi connectivity index (χ3v) is 3.53. The van der Waals surface area contributed by atoms with Crippen LogP contribution in [0, 0.1) is 5.92 Å². The molecule has 0 unspecified atom stereocenters. The minimum absolute atomic E-state index is 0.211. The fourth-order valence-corrected chi connectivity index (χ4v) is 2.18. The van der Waals surface area contributed by atoms with E-state index in [-0.39, 0.29) is 11.8 Å². The number of nitrogens with zero attached hydrogens (tertiary/aromatic N) is 1. The molecule has 2 rings (SSSR count). The summed E-state index contributed by atoms with van der Waals surface area (Å²) in [5, 5.41) is 4.30. The van der Waals surface area contributed by atoms with Gasteiger partial charge in [-0.15, -0.1) is 0 Å². The summed E-state index contributed by atoms with van der Waals surface area (Å²) in [6.45, 7) is 4.11. The van der Waals surface area contributed by atoms with Gasteiger partial charge in [0.1, 0.15) is 0 Å². The Balaban J connectivity index is 2.17. The number of nitrogens with one attached hydrogen (secondary N) is 1. The molecule has 1 amide bonds. The van der Waals surface area contributed by atoms with Crippen molar-refractivity contribution in [2.45, 2.75) is 13.8 Å². The average molecular weight is 345 g/mol. The highest BCUT2D eigenvalue weighted by atomic mass is 79.9. The number of amides is 1. The highest BCUT2D eigenvalue weighted by Gasteiger charge is 2.10. The van der Waals surface area contributed by atoms with Crippen molar-refractivity contribution in [2.24, 2.45) is 11.0 Å². The van der Waals surface area contributed by atoms with Gasteiger partial charge in [0.05, 0.1) is 5.71 Å². The Hall–Kier alpha value is -1.94. The summed E-state index contributed by atoms with van der Waals surface area (Å²) in [5.74, 6) is 0.00852. The summed E-state index contributed by atoms with van der Waals surface area (Å²) in [5.41, 5.74) is 5.09. The van der Waals surface area contributed by atoms with E-state index in [0.717, 1.165) is 15.7 Å². The average Bonchev–Trinajstić information content (AvgIpc) is 2.48. The lowest BCUT2D eigenvalue weighted by atomic mass is 10.0. The van der Waals surface area contributed by atoms with Crippen molar-refractivity contribution in [3.8, 4) is 0 Å². The molecule has 0 spiro atoms. The first-order valence-corrected chi connectivity index (χ1v) is 7.56. The minimum atomic E-state index is -0.211. The Morgan fingerprint density at radius 2 is 1.62 bits per heavy atom. The van der Waals surface area contributed by atoms with Crippen LogP contribution in [0.3, 0.4) is 0 Å². The molecule has 0 atom stereocenters. The van der Waals surface area contributed by atoms with Crippen molar-refractivity contribution < 1.29 is 4.79 Å². The fourth-order valence-electron chi connectivity index (χ4n) is 1.91. The summed E-state index contributed by atoms with van der Waals surface area (Å²) in [6.07, 6.45) is 0. The quantitative estimate of drug-likeness (QED) is 0.654. The topological polar surface area (TPSA) is 41.5 Å². The van der Waals surface area contributed by atoms with Gasteiger partial charge in [-0.1, -0.05) is 60.1 Å². The second-order valence-electron chi connectivity index (χ2n) is 4.97. The van der Waals surface area contributed by atoms with E-state index in [4.69, 9.17) is 0 Å². The highest BCUT2D eigenvalue weighted by molar-refractivity contribution is 9.10. The van der Waals surface area contributed by atoms with Gasteiger partial charge in [0.25, 0.3) is 5.91 Å². The van der Waals surface area contributed by atoms with Crippen molar-refractivity contribution in [3.63, 3.8) is 0 Å². The molecular weight excluding hydrogens is 328 g/mol. The summed E-state index contributed by atoms with van der Waals surface area (Å²) >= 11 is 3.35. The van der Waals surface area contributed by atoms with E-state index in [2.05, 4.69) is 40.3 Å². The van der Waals surface area contributed by atoms with E-state index < -0.39 is 0 Å². The number of rotatable bonds is 4. The number of benzene rings is 2. The molecule has 0 aliphatic rings. The zero-order chi connectivity index (χ0) is 15.2. The smallest absolute Gasteiger partial charge is 0.267 e. The first-order chi connectivity index (χ1) is 10.1. The fraction of sp³-hybridized carbons (Fsp3) is 0.176. The molecule has 1 N–H and O–H groups in total. The molecule has 0 bridgehead atoms. The van der Waals surface area contributed by atoms with E-state index in [0.29, 0.717) is 5.56 Å². The molecule has 108 valence electrons. The van der Waals surface area contributed by atoms with Gasteiger partial charge < -0.3 is 0 Å². The molecule has 0 radical (unpaired) electrons. The molecule has 0 heterocycles. The van der Waals surface area contributed by atoms with Crippen LogP contribution in [-0.2, 0) is 0 Å². The highest BCUT2D eigenvalue weighted by Crippen LogP contribution is 2.11. The third kappa shape index (κ3) is 4.26. The van der Waals surface area contributed by atoms with E-state index >= 15 is 0 Å². The first kappa shape index (κ1) is 15.4. The van der Waals surface area contributed by atoms with Crippen LogP contribution in [0.2, 0.25) is 0 Å². The zero-order valence-corrected chi connectivity index (χ0v) is 13.6. The Labute approximate surface area is 133 Å². The summed E-state index contributed by atoms with van der Waals surface area (Å²) in [4.78, 5) is 12.1. The molecule has 0 fully saturated rings. The summed E-state index contributed by atoms with van der Waals surface area (Å²) < 4.78 is 0.940. The van der Waals surface area contributed by atoms with E-state index in [1.165, 1.54) is 0 Å². The molecule has 21 heavy (non-hydrogen) atoms. The van der Waals surface area contributed by atoms with Gasteiger partial charge in [0.2, 0.25) is 0 Å². The minimum Gasteiger partial charge on any atom is -0.267 e. The van der Waals surface area contributed by atoms with Crippen LogP contribution in [0.25, 0.3) is 0 Å². The van der Waals surface area contributed by atoms with Crippen molar-refractivity contribution in [1.82, 2.24) is 5.43 Å². The third-order valence-electron chi connectivity index (χ3n) is 3.00. The predicted molar refractivity (Wildman–Crippen MR) is 89.4 cm³/mol. The number of hydrogen-bond donors (Lipinski definition) is 1. The predicted octanol–water partition coefficient (Wildman–Crippen LogP) is 4.24. The Morgan fingerprint density at radius 3 is 2.19 bits per heavy atom. The molecule has 2 aromatic carbocycles. The number of hydrazone groups is 1. The molecule has 0 aliphatic carbocycles. The molecule has 0 saturated carbocycles. The Bertz CT molecular complexity index is 634. The van der Waals surface area contributed by atoms with Crippen LogP contribution < -0.4 is 5.43 Å². The van der Waals surface area contributed by atoms with Gasteiger partial charge in [0, 0.05) is 10.0 Å². The van der Waals surface area contributed by atoms with Gasteiger partial charge >= 0.3 is 0 Å². The lowest BCUT2D eigenvalue weighted by Crippen LogP contribution is -2.22. The summed E-state index contributed by atoms with van der Waals surface area (Å²) in [7, 11) is 0. The molecule has 0 aromatic heterocycles. The van der Waals surface area contributed by atoms with Crippen molar-refractivity contribution in [1.29, 1.82) is 0 Å². The zero-order valence-electron chi connectivity index (χ0n) is 12.0. The lowest BCUT2D eigenvalue weighted by molar-refractivity contribution is 0.0954. The SMILES string of the molecule is CC(C)/C(=N/NC(=O)c1ccc(Br)cc1)c1ccccc1. The van der Waals surface area contributed by atoms with Crippen LogP contribution in [0.1, 0.15) is 29.8 Å². The van der Waals surface area contributed by atoms with Gasteiger partial charge in [-0.05, 0) is 35.7 Å². The Kier molecular flexibility index (Phi) is 5.28. The van der Waals surface area contributed by atoms with Crippen LogP contribution in [-0.4, -0.2) is 11.6 Å². The molecular formula is C17H17BrN2O. The normalized spacial score (nSPS) is 11.5. The Morgan fingerprint density at radius 1 is 1.00 bits per heavy atom. The molecule has 4 heteroatoms. The number of carbonyl (C=O) groups excluding carboxylic acids is 1. The maximum absolute atomic E-state index is 12.1. The van der Waals surface area contributed by atoms with Crippen molar-refractivity contribution in [3.05, 3.63) is 70.2 Å². The van der Waals surface area contributed by atoms with Crippen LogP contribution in [0.15, 0.2) is 64.2 Å². The second kappa shape index (κ2) is 7.18. The van der Waals surface area contributed by atoms with Crippen LogP contribution in [0.4, 0.5) is 0 Å². The standard InChI is InChI=1S/C17H17BrN2O/c1-12(2)16(13-6-4-3-5-7-13)19-20-17(21)14-8-10-15(18)11-9-14/h3-12H,1-2H3,(H,20,21)/b19-16-. The molecule has 0 saturated heterocycles. The number of halogens is 1.